The molecule has 0 atom stereocenters. The number of halogens is 2. The van der Waals surface area contributed by atoms with Crippen LogP contribution in [0.4, 0.5) is 0 Å². The molecule has 0 spiro atoms. The molecule has 0 amide bonds. The summed E-state index contributed by atoms with van der Waals surface area (Å²) in [4.78, 5) is 25.1. The molecule has 0 heterocycles. The van der Waals surface area contributed by atoms with Crippen molar-refractivity contribution in [2.45, 2.75) is 77.7 Å². The van der Waals surface area contributed by atoms with Gasteiger partial charge in [0.05, 0.1) is 17.7 Å². The Labute approximate surface area is 207 Å². The van der Waals surface area contributed by atoms with Crippen LogP contribution in [0.5, 0.6) is 0 Å². The summed E-state index contributed by atoms with van der Waals surface area (Å²) in [6, 6.07) is 11.5. The van der Waals surface area contributed by atoms with Crippen molar-refractivity contribution in [2.75, 3.05) is 6.61 Å². The van der Waals surface area contributed by atoms with Gasteiger partial charge in [0.25, 0.3) is 0 Å². The van der Waals surface area contributed by atoms with Crippen molar-refractivity contribution in [1.29, 1.82) is 0 Å². The third kappa shape index (κ3) is 10.2. The Morgan fingerprint density at radius 2 is 1.27 bits per heavy atom. The van der Waals surface area contributed by atoms with E-state index in [9.17, 15) is 9.59 Å². The lowest BCUT2D eigenvalue weighted by atomic mass is 10.1. The van der Waals surface area contributed by atoms with Gasteiger partial charge in [0.2, 0.25) is 0 Å². The van der Waals surface area contributed by atoms with Gasteiger partial charge in [0, 0.05) is 15.6 Å². The fourth-order valence-electron chi connectivity index (χ4n) is 3.55. The number of hydrogen-bond donors (Lipinski definition) is 0. The van der Waals surface area contributed by atoms with Crippen molar-refractivity contribution in [3.05, 3.63) is 69.2 Å². The molecule has 4 nitrogen and oxygen atoms in total. The highest BCUT2D eigenvalue weighted by atomic mass is 35.5. The normalized spacial score (nSPS) is 10.8. The average Bonchev–Trinajstić information content (AvgIpc) is 2.82. The number of carbonyl (C=O) groups excluding carboxylic acids is 2. The molecule has 0 bridgehead atoms. The predicted octanol–water partition coefficient (Wildman–Crippen LogP) is 8.43. The first-order chi connectivity index (χ1) is 16.0. The number of hydrogen-bond acceptors (Lipinski definition) is 4. The molecule has 6 heteroatoms. The molecule has 2 aromatic rings. The number of rotatable bonds is 15. The van der Waals surface area contributed by atoms with E-state index < -0.39 is 11.9 Å². The van der Waals surface area contributed by atoms with E-state index >= 15 is 0 Å². The van der Waals surface area contributed by atoms with E-state index in [2.05, 4.69) is 6.92 Å². The minimum atomic E-state index is -0.613. The van der Waals surface area contributed by atoms with E-state index in [-0.39, 0.29) is 17.7 Å². The number of esters is 2. The third-order valence-corrected chi connectivity index (χ3v) is 6.07. The second-order valence-corrected chi connectivity index (χ2v) is 9.02. The molecule has 0 aromatic heterocycles. The zero-order valence-electron chi connectivity index (χ0n) is 19.4. The third-order valence-electron chi connectivity index (χ3n) is 5.46. The first kappa shape index (κ1) is 27.2. The quantitative estimate of drug-likeness (QED) is 0.185. The van der Waals surface area contributed by atoms with Crippen LogP contribution in [0.2, 0.25) is 10.0 Å². The Hall–Kier alpha value is -2.04. The lowest BCUT2D eigenvalue weighted by Crippen LogP contribution is -2.14. The van der Waals surface area contributed by atoms with Gasteiger partial charge >= 0.3 is 11.9 Å². The molecule has 0 aliphatic heterocycles. The zero-order chi connectivity index (χ0) is 23.9. The maximum Gasteiger partial charge on any atom is 0.339 e. The van der Waals surface area contributed by atoms with Crippen LogP contribution in [0, 0.1) is 0 Å². The Kier molecular flexibility index (Phi) is 13.0. The van der Waals surface area contributed by atoms with Gasteiger partial charge in [0.15, 0.2) is 0 Å². The van der Waals surface area contributed by atoms with E-state index in [1.807, 2.05) is 0 Å². The van der Waals surface area contributed by atoms with Crippen LogP contribution in [0.15, 0.2) is 42.5 Å². The summed E-state index contributed by atoms with van der Waals surface area (Å²) in [5, 5.41) is 0.956. The van der Waals surface area contributed by atoms with Gasteiger partial charge in [-0.05, 0) is 36.8 Å². The molecule has 0 unspecified atom stereocenters. The van der Waals surface area contributed by atoms with Gasteiger partial charge in [0.1, 0.15) is 6.61 Å². The molecular formula is C27H34Cl2O4. The van der Waals surface area contributed by atoms with E-state index in [1.54, 1.807) is 42.5 Å². The van der Waals surface area contributed by atoms with Crippen LogP contribution < -0.4 is 0 Å². The van der Waals surface area contributed by atoms with Crippen molar-refractivity contribution in [2.24, 2.45) is 0 Å². The molecule has 0 saturated carbocycles. The predicted molar refractivity (Wildman–Crippen MR) is 134 cm³/mol. The molecule has 2 rings (SSSR count). The molecule has 180 valence electrons. The van der Waals surface area contributed by atoms with E-state index in [1.165, 1.54) is 44.9 Å². The van der Waals surface area contributed by atoms with Gasteiger partial charge in [-0.2, -0.15) is 0 Å². The molecule has 0 N–H and O–H groups in total. The summed E-state index contributed by atoms with van der Waals surface area (Å²) in [5.41, 5.74) is 0.967. The molecule has 0 aliphatic rings. The highest BCUT2D eigenvalue weighted by molar-refractivity contribution is 6.33. The number of carbonyl (C=O) groups is 2. The van der Waals surface area contributed by atoms with Crippen LogP contribution in [0.3, 0.4) is 0 Å². The molecule has 0 radical (unpaired) electrons. The first-order valence-corrected chi connectivity index (χ1v) is 12.7. The second kappa shape index (κ2) is 15.7. The fourth-order valence-corrected chi connectivity index (χ4v) is 3.91. The van der Waals surface area contributed by atoms with Crippen molar-refractivity contribution in [3.63, 3.8) is 0 Å². The lowest BCUT2D eigenvalue weighted by Gasteiger charge is -2.11. The lowest BCUT2D eigenvalue weighted by molar-refractivity contribution is 0.0436. The summed E-state index contributed by atoms with van der Waals surface area (Å²) in [6.45, 7) is 2.53. The van der Waals surface area contributed by atoms with E-state index in [4.69, 9.17) is 32.7 Å². The summed E-state index contributed by atoms with van der Waals surface area (Å²) in [7, 11) is 0. The van der Waals surface area contributed by atoms with Crippen LogP contribution in [0.1, 0.15) is 97.4 Å². The summed E-state index contributed by atoms with van der Waals surface area (Å²) in [5.74, 6) is -1.13. The number of ether oxygens (including phenoxy) is 2. The Balaban J connectivity index is 1.73. The maximum atomic E-state index is 12.6. The summed E-state index contributed by atoms with van der Waals surface area (Å²) in [6.07, 6.45) is 12.1. The van der Waals surface area contributed by atoms with E-state index in [0.29, 0.717) is 22.2 Å². The zero-order valence-corrected chi connectivity index (χ0v) is 20.9. The van der Waals surface area contributed by atoms with Gasteiger partial charge in [-0.15, -0.1) is 0 Å². The SMILES string of the molecule is CCCCCCCCCCCCOC(=O)c1ccccc1C(=O)OCc1cc(Cl)ccc1Cl. The molecule has 0 saturated heterocycles. The smallest absolute Gasteiger partial charge is 0.339 e. The molecule has 2 aromatic carbocycles. The molecule has 33 heavy (non-hydrogen) atoms. The maximum absolute atomic E-state index is 12.6. The first-order valence-electron chi connectivity index (χ1n) is 11.9. The second-order valence-electron chi connectivity index (χ2n) is 8.18. The number of unbranched alkanes of at least 4 members (excludes halogenated alkanes) is 9. The summed E-state index contributed by atoms with van der Waals surface area (Å²) < 4.78 is 10.8. The monoisotopic (exact) mass is 492 g/mol. The Morgan fingerprint density at radius 1 is 0.727 bits per heavy atom. The minimum absolute atomic E-state index is 0.0415. The van der Waals surface area contributed by atoms with Crippen LogP contribution in [-0.2, 0) is 16.1 Å². The Bertz CT molecular complexity index is 882. The summed E-state index contributed by atoms with van der Waals surface area (Å²) >= 11 is 12.1. The van der Waals surface area contributed by atoms with E-state index in [0.717, 1.165) is 19.3 Å². The van der Waals surface area contributed by atoms with Crippen LogP contribution >= 0.6 is 23.2 Å². The highest BCUT2D eigenvalue weighted by Crippen LogP contribution is 2.22. The topological polar surface area (TPSA) is 52.6 Å². The standard InChI is InChI=1S/C27H34Cl2O4/c1-2-3-4-5-6-7-8-9-10-13-18-32-26(30)23-14-11-12-15-24(23)27(31)33-20-21-19-22(28)16-17-25(21)29/h11-12,14-17,19H,2-10,13,18,20H2,1H3. The van der Waals surface area contributed by atoms with Crippen molar-refractivity contribution < 1.29 is 19.1 Å². The van der Waals surface area contributed by atoms with Crippen molar-refractivity contribution in [1.82, 2.24) is 0 Å². The highest BCUT2D eigenvalue weighted by Gasteiger charge is 2.19. The Morgan fingerprint density at radius 3 is 1.88 bits per heavy atom. The molecule has 0 aliphatic carbocycles. The van der Waals surface area contributed by atoms with Crippen LogP contribution in [-0.4, -0.2) is 18.5 Å². The van der Waals surface area contributed by atoms with Gasteiger partial charge < -0.3 is 9.47 Å². The van der Waals surface area contributed by atoms with Crippen LogP contribution in [0.25, 0.3) is 0 Å². The average molecular weight is 493 g/mol. The minimum Gasteiger partial charge on any atom is -0.462 e. The molecular weight excluding hydrogens is 459 g/mol. The largest absolute Gasteiger partial charge is 0.462 e. The number of benzene rings is 2. The van der Waals surface area contributed by atoms with Gasteiger partial charge in [-0.3, -0.25) is 0 Å². The van der Waals surface area contributed by atoms with Crippen molar-refractivity contribution >= 4 is 35.1 Å². The fraction of sp³-hybridized carbons (Fsp3) is 0.481. The van der Waals surface area contributed by atoms with Gasteiger partial charge in [-0.1, -0.05) is 100 Å². The van der Waals surface area contributed by atoms with Crippen molar-refractivity contribution in [3.8, 4) is 0 Å². The molecule has 0 fully saturated rings. The van der Waals surface area contributed by atoms with Gasteiger partial charge in [-0.25, -0.2) is 9.59 Å².